The highest BCUT2D eigenvalue weighted by atomic mass is 16.4. The van der Waals surface area contributed by atoms with Gasteiger partial charge in [0, 0.05) is 6.42 Å². The minimum Gasteiger partial charge on any atom is -0.478 e. The number of hydrogen-bond acceptors (Lipinski definition) is 4. The van der Waals surface area contributed by atoms with Gasteiger partial charge in [0.15, 0.2) is 0 Å². The Morgan fingerprint density at radius 3 is 1.34 bits per heavy atom. The molecule has 0 aromatic heterocycles. The lowest BCUT2D eigenvalue weighted by Gasteiger charge is -2.27. The minimum absolute atomic E-state index is 0.331. The van der Waals surface area contributed by atoms with Gasteiger partial charge in [-0.2, -0.15) is 0 Å². The first kappa shape index (κ1) is 26.3. The summed E-state index contributed by atoms with van der Waals surface area (Å²) in [7, 11) is 0. The van der Waals surface area contributed by atoms with Gasteiger partial charge in [0.05, 0.1) is 22.8 Å². The summed E-state index contributed by atoms with van der Waals surface area (Å²) in [5.41, 5.74) is 0.0186. The molecule has 6 nitrogen and oxygen atoms in total. The fraction of sp³-hybridized carbons (Fsp3) is 0.391. The molecule has 1 unspecified atom stereocenters. The van der Waals surface area contributed by atoms with Crippen molar-refractivity contribution < 1.29 is 30.0 Å². The van der Waals surface area contributed by atoms with Gasteiger partial charge in [-0.05, 0) is 43.5 Å². The third-order valence-electron chi connectivity index (χ3n) is 4.44. The van der Waals surface area contributed by atoms with Crippen LogP contribution in [0, 0.1) is 0 Å². The van der Waals surface area contributed by atoms with E-state index in [4.69, 9.17) is 10.2 Å². The van der Waals surface area contributed by atoms with Crippen LogP contribution in [0.15, 0.2) is 60.7 Å². The van der Waals surface area contributed by atoms with Gasteiger partial charge in [-0.15, -0.1) is 0 Å². The first-order valence-electron chi connectivity index (χ1n) is 9.66. The van der Waals surface area contributed by atoms with Crippen molar-refractivity contribution in [3.63, 3.8) is 0 Å². The molecule has 0 aliphatic carbocycles. The molecule has 160 valence electrons. The van der Waals surface area contributed by atoms with Gasteiger partial charge in [0.25, 0.3) is 0 Å². The fourth-order valence-electron chi connectivity index (χ4n) is 2.28. The number of carbonyl (C=O) groups is 2. The van der Waals surface area contributed by atoms with Crippen molar-refractivity contribution in [1.29, 1.82) is 0 Å². The lowest BCUT2D eigenvalue weighted by atomic mass is 9.90. The van der Waals surface area contributed by atoms with Crippen LogP contribution in [-0.4, -0.2) is 44.1 Å². The topological polar surface area (TPSA) is 115 Å². The average Bonchev–Trinajstić information content (AvgIpc) is 2.75. The van der Waals surface area contributed by atoms with Gasteiger partial charge >= 0.3 is 11.9 Å². The van der Waals surface area contributed by atoms with Crippen molar-refractivity contribution in [2.75, 3.05) is 0 Å². The molecule has 29 heavy (non-hydrogen) atoms. The third-order valence-corrected chi connectivity index (χ3v) is 4.44. The maximum Gasteiger partial charge on any atom is 0.335 e. The Hall–Kier alpha value is -2.70. The Morgan fingerprint density at radius 2 is 1.14 bits per heavy atom. The van der Waals surface area contributed by atoms with Gasteiger partial charge in [-0.25, -0.2) is 9.59 Å². The second-order valence-corrected chi connectivity index (χ2v) is 6.54. The van der Waals surface area contributed by atoms with Crippen LogP contribution < -0.4 is 0 Å². The second kappa shape index (κ2) is 14.3. The van der Waals surface area contributed by atoms with Crippen molar-refractivity contribution >= 4 is 11.9 Å². The standard InChI is InChI=1S/C9H20O2.2C7H6O2/c1-4-8(10)7-9(11,5-2)6-3;2*8-7(9)6-4-2-1-3-5-6/h8,10-11H,4-7H2,1-3H3;2*1-5H,(H,8,9). The van der Waals surface area contributed by atoms with E-state index in [-0.39, 0.29) is 6.10 Å². The zero-order valence-electron chi connectivity index (χ0n) is 17.3. The van der Waals surface area contributed by atoms with Crippen LogP contribution in [0.4, 0.5) is 0 Å². The predicted octanol–water partition coefficient (Wildman–Crippen LogP) is 4.47. The Bertz CT molecular complexity index is 646. The number of hydrogen-bond donors (Lipinski definition) is 4. The highest BCUT2D eigenvalue weighted by Gasteiger charge is 2.24. The van der Waals surface area contributed by atoms with E-state index in [9.17, 15) is 19.8 Å². The number of benzene rings is 2. The molecule has 0 spiro atoms. The van der Waals surface area contributed by atoms with E-state index in [0.29, 0.717) is 17.5 Å². The van der Waals surface area contributed by atoms with Gasteiger partial charge in [0.1, 0.15) is 0 Å². The molecule has 6 heteroatoms. The lowest BCUT2D eigenvalue weighted by molar-refractivity contribution is -0.0175. The molecule has 0 aliphatic heterocycles. The Balaban J connectivity index is 0.000000408. The minimum atomic E-state index is -0.879. The zero-order chi connectivity index (χ0) is 22.3. The second-order valence-electron chi connectivity index (χ2n) is 6.54. The van der Waals surface area contributed by atoms with Gasteiger partial charge in [-0.3, -0.25) is 0 Å². The summed E-state index contributed by atoms with van der Waals surface area (Å²) in [6, 6.07) is 16.6. The fourth-order valence-corrected chi connectivity index (χ4v) is 2.28. The normalized spacial score (nSPS) is 11.2. The van der Waals surface area contributed by atoms with Crippen LogP contribution in [0.3, 0.4) is 0 Å². The van der Waals surface area contributed by atoms with Crippen molar-refractivity contribution in [2.45, 2.75) is 58.2 Å². The van der Waals surface area contributed by atoms with E-state index in [0.717, 1.165) is 19.3 Å². The Morgan fingerprint density at radius 1 is 0.793 bits per heavy atom. The monoisotopic (exact) mass is 404 g/mol. The van der Waals surface area contributed by atoms with E-state index in [1.54, 1.807) is 60.7 Å². The molecular weight excluding hydrogens is 372 g/mol. The molecule has 4 N–H and O–H groups in total. The Kier molecular flexibility index (Phi) is 13.0. The van der Waals surface area contributed by atoms with Crippen LogP contribution in [0.2, 0.25) is 0 Å². The molecule has 2 aromatic carbocycles. The molecule has 0 fully saturated rings. The van der Waals surface area contributed by atoms with E-state index in [1.807, 2.05) is 20.8 Å². The molecule has 0 aliphatic rings. The number of carboxylic acid groups (broad SMARTS) is 2. The van der Waals surface area contributed by atoms with E-state index in [1.165, 1.54) is 0 Å². The van der Waals surface area contributed by atoms with Crippen molar-refractivity contribution in [2.24, 2.45) is 0 Å². The molecule has 2 rings (SSSR count). The largest absolute Gasteiger partial charge is 0.478 e. The molecular formula is C23H32O6. The Labute approximate surface area is 172 Å². The van der Waals surface area contributed by atoms with E-state index in [2.05, 4.69) is 0 Å². The maximum atomic E-state index is 10.2. The summed E-state index contributed by atoms with van der Waals surface area (Å²) in [6.45, 7) is 5.83. The average molecular weight is 405 g/mol. The van der Waals surface area contributed by atoms with Gasteiger partial charge in [-0.1, -0.05) is 57.2 Å². The summed E-state index contributed by atoms with van der Waals surface area (Å²) in [5, 5.41) is 35.8. The van der Waals surface area contributed by atoms with Crippen molar-refractivity contribution in [3.05, 3.63) is 71.8 Å². The number of rotatable bonds is 7. The molecule has 0 radical (unpaired) electrons. The molecule has 0 saturated heterocycles. The maximum absolute atomic E-state index is 10.2. The van der Waals surface area contributed by atoms with Crippen LogP contribution in [-0.2, 0) is 0 Å². The SMILES string of the molecule is CCC(O)CC(O)(CC)CC.O=C(O)c1ccccc1.O=C(O)c1ccccc1. The summed E-state index contributed by atoms with van der Waals surface area (Å²) in [6.07, 6.45) is 2.33. The summed E-state index contributed by atoms with van der Waals surface area (Å²) >= 11 is 0. The molecule has 1 atom stereocenters. The van der Waals surface area contributed by atoms with Crippen LogP contribution in [0.25, 0.3) is 0 Å². The quantitative estimate of drug-likeness (QED) is 0.541. The number of carboxylic acids is 2. The van der Waals surface area contributed by atoms with Crippen LogP contribution >= 0.6 is 0 Å². The number of aliphatic hydroxyl groups excluding tert-OH is 1. The van der Waals surface area contributed by atoms with Crippen LogP contribution in [0.5, 0.6) is 0 Å². The van der Waals surface area contributed by atoms with E-state index < -0.39 is 17.5 Å². The highest BCUT2D eigenvalue weighted by molar-refractivity contribution is 5.87. The number of aliphatic hydroxyl groups is 2. The van der Waals surface area contributed by atoms with Crippen molar-refractivity contribution in [3.8, 4) is 0 Å². The lowest BCUT2D eigenvalue weighted by Crippen LogP contribution is -2.31. The first-order valence-corrected chi connectivity index (χ1v) is 9.66. The highest BCUT2D eigenvalue weighted by Crippen LogP contribution is 2.21. The molecule has 0 bridgehead atoms. The zero-order valence-corrected chi connectivity index (χ0v) is 17.3. The van der Waals surface area contributed by atoms with E-state index >= 15 is 0 Å². The summed E-state index contributed by atoms with van der Waals surface area (Å²) in [4.78, 5) is 20.4. The number of aromatic carboxylic acids is 2. The molecule has 2 aromatic rings. The van der Waals surface area contributed by atoms with Crippen molar-refractivity contribution in [1.82, 2.24) is 0 Å². The molecule has 0 saturated carbocycles. The summed E-state index contributed by atoms with van der Waals surface area (Å²) < 4.78 is 0. The van der Waals surface area contributed by atoms with Crippen LogP contribution in [0.1, 0.15) is 67.2 Å². The smallest absolute Gasteiger partial charge is 0.335 e. The molecule has 0 heterocycles. The van der Waals surface area contributed by atoms with Gasteiger partial charge < -0.3 is 20.4 Å². The van der Waals surface area contributed by atoms with Gasteiger partial charge in [0.2, 0.25) is 0 Å². The third kappa shape index (κ3) is 11.7. The molecule has 0 amide bonds. The predicted molar refractivity (Wildman–Crippen MR) is 113 cm³/mol. The first-order chi connectivity index (χ1) is 13.7. The summed E-state index contributed by atoms with van der Waals surface area (Å²) in [5.74, 6) is -1.76.